The lowest BCUT2D eigenvalue weighted by Crippen LogP contribution is -2.28. The van der Waals surface area contributed by atoms with Crippen molar-refractivity contribution >= 4 is 11.6 Å². The highest BCUT2D eigenvalue weighted by Crippen LogP contribution is 2.23. The van der Waals surface area contributed by atoms with Gasteiger partial charge in [0.25, 0.3) is 0 Å². The topological polar surface area (TPSA) is 67.2 Å². The number of fused-ring (bicyclic) bond motifs is 1. The van der Waals surface area contributed by atoms with E-state index < -0.39 is 0 Å². The quantitative estimate of drug-likeness (QED) is 0.725. The van der Waals surface area contributed by atoms with Crippen LogP contribution in [0.1, 0.15) is 46.6 Å². The molecule has 0 radical (unpaired) electrons. The molecule has 0 fully saturated rings. The Morgan fingerprint density at radius 1 is 1.17 bits per heavy atom. The predicted molar refractivity (Wildman–Crippen MR) is 109 cm³/mol. The monoisotopic (exact) mass is 388 g/mol. The normalized spacial score (nSPS) is 13.6. The van der Waals surface area contributed by atoms with E-state index in [0.29, 0.717) is 12.2 Å². The average molecular weight is 388 g/mol. The van der Waals surface area contributed by atoms with E-state index in [0.717, 1.165) is 33.7 Å². The van der Waals surface area contributed by atoms with Gasteiger partial charge in [0.05, 0.1) is 30.4 Å². The van der Waals surface area contributed by atoms with Crippen LogP contribution in [-0.4, -0.2) is 21.6 Å². The van der Waals surface area contributed by atoms with Crippen LogP contribution < -0.4 is 5.32 Å². The van der Waals surface area contributed by atoms with E-state index in [1.54, 1.807) is 24.5 Å². The lowest BCUT2D eigenvalue weighted by Gasteiger charge is -2.14. The number of nitrogens with zero attached hydrogens (tertiary/aromatic N) is 3. The van der Waals surface area contributed by atoms with E-state index in [4.69, 9.17) is 0 Å². The van der Waals surface area contributed by atoms with Gasteiger partial charge in [0.2, 0.25) is 5.91 Å². The smallest absolute Gasteiger partial charge is 0.226 e. The molecule has 146 valence electrons. The number of carbonyl (C=O) groups is 1. The van der Waals surface area contributed by atoms with Gasteiger partial charge < -0.3 is 5.32 Å². The van der Waals surface area contributed by atoms with Gasteiger partial charge >= 0.3 is 0 Å². The number of hydrogen-bond donors (Lipinski definition) is 1. The van der Waals surface area contributed by atoms with Crippen molar-refractivity contribution in [1.29, 1.82) is 0 Å². The summed E-state index contributed by atoms with van der Waals surface area (Å²) < 4.78 is 13.1. The van der Waals surface area contributed by atoms with Crippen molar-refractivity contribution in [3.8, 4) is 0 Å². The number of carbonyl (C=O) groups excluding carboxylic acids is 1. The van der Waals surface area contributed by atoms with Gasteiger partial charge in [0, 0.05) is 29.2 Å². The first-order chi connectivity index (χ1) is 14.0. The minimum absolute atomic E-state index is 0.127. The van der Waals surface area contributed by atoms with Gasteiger partial charge in [-0.15, -0.1) is 0 Å². The summed E-state index contributed by atoms with van der Waals surface area (Å²) in [6.45, 7) is 4.40. The number of hydrogen-bond acceptors (Lipinski definition) is 4. The minimum Gasteiger partial charge on any atom is -0.349 e. The number of halogens is 1. The van der Waals surface area contributed by atoms with E-state index in [1.807, 2.05) is 32.0 Å². The maximum absolute atomic E-state index is 13.1. The second-order valence-corrected chi connectivity index (χ2v) is 7.20. The van der Waals surface area contributed by atoms with E-state index in [-0.39, 0.29) is 24.2 Å². The Labute approximate surface area is 168 Å². The molecule has 5 nitrogen and oxygen atoms in total. The highest BCUT2D eigenvalue weighted by molar-refractivity contribution is 6.15. The van der Waals surface area contributed by atoms with Gasteiger partial charge in [-0.2, -0.15) is 0 Å². The third-order valence-corrected chi connectivity index (χ3v) is 4.97. The molecule has 1 amide bonds. The lowest BCUT2D eigenvalue weighted by molar-refractivity contribution is -0.121. The highest BCUT2D eigenvalue weighted by Gasteiger charge is 2.20. The molecule has 1 N–H and O–H groups in total. The number of benzene rings is 1. The maximum Gasteiger partial charge on any atom is 0.226 e. The fourth-order valence-corrected chi connectivity index (χ4v) is 3.47. The largest absolute Gasteiger partial charge is 0.349 e. The first kappa shape index (κ1) is 18.9. The van der Waals surface area contributed by atoms with Gasteiger partial charge in [0.1, 0.15) is 5.82 Å². The first-order valence-corrected chi connectivity index (χ1v) is 9.50. The highest BCUT2D eigenvalue weighted by atomic mass is 19.1. The molecule has 3 aromatic rings. The van der Waals surface area contributed by atoms with E-state index in [2.05, 4.69) is 20.3 Å². The number of aliphatic imine (C=N–C) groups is 1. The molecule has 2 aromatic heterocycles. The van der Waals surface area contributed by atoms with Crippen LogP contribution in [0.25, 0.3) is 0 Å². The maximum atomic E-state index is 13.1. The van der Waals surface area contributed by atoms with Crippen LogP contribution in [0.2, 0.25) is 0 Å². The predicted octanol–water partition coefficient (Wildman–Crippen LogP) is 3.70. The molecule has 1 aliphatic rings. The Morgan fingerprint density at radius 3 is 2.72 bits per heavy atom. The number of nitrogens with one attached hydrogen (secondary N) is 1. The summed E-state index contributed by atoms with van der Waals surface area (Å²) in [7, 11) is 0. The number of pyridine rings is 2. The Balaban J connectivity index is 1.43. The molecule has 0 saturated carbocycles. The molecule has 4 rings (SSSR count). The fourth-order valence-electron chi connectivity index (χ4n) is 3.47. The standard InChI is InChI=1S/C23H21FN4O/c1-14-9-17(7-8-25-14)23-21-13-26-20(10-18(21)12-27-23)11-22(29)28-15(2)16-3-5-19(24)6-4-16/h3-10,13,15H,11-12H2,1-2H3,(H,28,29)/t15-/m0/s1. The van der Waals surface area contributed by atoms with Gasteiger partial charge in [-0.3, -0.25) is 19.8 Å². The number of amides is 1. The van der Waals surface area contributed by atoms with Crippen molar-refractivity contribution < 1.29 is 9.18 Å². The van der Waals surface area contributed by atoms with E-state index >= 15 is 0 Å². The van der Waals surface area contributed by atoms with Crippen molar-refractivity contribution in [3.63, 3.8) is 0 Å². The molecule has 1 aromatic carbocycles. The molecule has 0 unspecified atom stereocenters. The number of aromatic nitrogens is 2. The van der Waals surface area contributed by atoms with Crippen LogP contribution in [0.3, 0.4) is 0 Å². The Hall–Kier alpha value is -3.41. The Bertz CT molecular complexity index is 1090. The molecule has 0 bridgehead atoms. The Morgan fingerprint density at radius 2 is 1.97 bits per heavy atom. The van der Waals surface area contributed by atoms with E-state index in [9.17, 15) is 9.18 Å². The summed E-state index contributed by atoms with van der Waals surface area (Å²) in [5.41, 5.74) is 6.51. The fraction of sp³-hybridized carbons (Fsp3) is 0.217. The first-order valence-electron chi connectivity index (χ1n) is 9.50. The summed E-state index contributed by atoms with van der Waals surface area (Å²) in [5.74, 6) is -0.420. The summed E-state index contributed by atoms with van der Waals surface area (Å²) in [6.07, 6.45) is 3.76. The molecular weight excluding hydrogens is 367 g/mol. The lowest BCUT2D eigenvalue weighted by atomic mass is 10.0. The van der Waals surface area contributed by atoms with Gasteiger partial charge in [0.15, 0.2) is 0 Å². The molecular formula is C23H21FN4O. The second kappa shape index (κ2) is 7.91. The molecule has 0 spiro atoms. The van der Waals surface area contributed by atoms with Crippen LogP contribution in [0.5, 0.6) is 0 Å². The summed E-state index contributed by atoms with van der Waals surface area (Å²) in [6, 6.07) is 11.8. The zero-order valence-corrected chi connectivity index (χ0v) is 16.3. The number of rotatable bonds is 5. The summed E-state index contributed by atoms with van der Waals surface area (Å²) in [4.78, 5) is 25.8. The van der Waals surface area contributed by atoms with Crippen molar-refractivity contribution in [2.75, 3.05) is 0 Å². The van der Waals surface area contributed by atoms with E-state index in [1.165, 1.54) is 12.1 Å². The van der Waals surface area contributed by atoms with Crippen molar-refractivity contribution in [1.82, 2.24) is 15.3 Å². The van der Waals surface area contributed by atoms with Crippen LogP contribution in [-0.2, 0) is 17.8 Å². The zero-order valence-electron chi connectivity index (χ0n) is 16.3. The molecule has 0 saturated heterocycles. The van der Waals surface area contributed by atoms with Gasteiger partial charge in [-0.05, 0) is 55.3 Å². The average Bonchev–Trinajstić information content (AvgIpc) is 3.11. The number of aryl methyl sites for hydroxylation is 1. The van der Waals surface area contributed by atoms with Crippen LogP contribution >= 0.6 is 0 Å². The zero-order chi connectivity index (χ0) is 20.4. The SMILES string of the molecule is Cc1cc(C2=NCc3cc(CC(=O)N[C@@H](C)c4ccc(F)cc4)ncc32)ccn1. The molecule has 1 aliphatic heterocycles. The summed E-state index contributed by atoms with van der Waals surface area (Å²) >= 11 is 0. The molecule has 0 aliphatic carbocycles. The van der Waals surface area contributed by atoms with Crippen molar-refractivity contribution in [2.24, 2.45) is 4.99 Å². The molecule has 1 atom stereocenters. The van der Waals surface area contributed by atoms with Crippen LogP contribution in [0.15, 0.2) is 59.9 Å². The molecule has 29 heavy (non-hydrogen) atoms. The molecule has 6 heteroatoms. The van der Waals surface area contributed by atoms with Gasteiger partial charge in [-0.25, -0.2) is 4.39 Å². The van der Waals surface area contributed by atoms with Gasteiger partial charge in [-0.1, -0.05) is 12.1 Å². The minimum atomic E-state index is -0.293. The second-order valence-electron chi connectivity index (χ2n) is 7.20. The van der Waals surface area contributed by atoms with Crippen molar-refractivity contribution in [3.05, 3.63) is 94.3 Å². The third kappa shape index (κ3) is 4.21. The molecule has 3 heterocycles. The summed E-state index contributed by atoms with van der Waals surface area (Å²) in [5, 5.41) is 2.94. The van der Waals surface area contributed by atoms with Crippen LogP contribution in [0, 0.1) is 12.7 Å². The third-order valence-electron chi connectivity index (χ3n) is 4.97. The Kier molecular flexibility index (Phi) is 5.16. The van der Waals surface area contributed by atoms with Crippen molar-refractivity contribution in [2.45, 2.75) is 32.9 Å². The van der Waals surface area contributed by atoms with Crippen LogP contribution in [0.4, 0.5) is 4.39 Å².